The number of rotatable bonds is 7. The lowest BCUT2D eigenvalue weighted by Crippen LogP contribution is -2.39. The Hall–Kier alpha value is -1.27. The van der Waals surface area contributed by atoms with E-state index in [0.717, 1.165) is 30.0 Å². The van der Waals surface area contributed by atoms with Crippen molar-refractivity contribution in [3.63, 3.8) is 0 Å². The van der Waals surface area contributed by atoms with E-state index in [0.29, 0.717) is 38.6 Å². The van der Waals surface area contributed by atoms with Crippen molar-refractivity contribution >= 4 is 40.0 Å². The molecule has 0 bridgehead atoms. The van der Waals surface area contributed by atoms with Gasteiger partial charge in [-0.25, -0.2) is 12.7 Å². The topological polar surface area (TPSA) is 92.3 Å². The van der Waals surface area contributed by atoms with Crippen LogP contribution in [-0.2, 0) is 16.4 Å². The number of hydrogen-bond donors (Lipinski definition) is 2. The van der Waals surface area contributed by atoms with Crippen LogP contribution >= 0.6 is 24.0 Å². The van der Waals surface area contributed by atoms with E-state index in [-0.39, 0.29) is 36.5 Å². The summed E-state index contributed by atoms with van der Waals surface area (Å²) >= 11 is 0. The van der Waals surface area contributed by atoms with Gasteiger partial charge < -0.3 is 20.1 Å². The molecule has 27 heavy (non-hydrogen) atoms. The molecular formula is C17H27IN4O4S. The molecule has 0 unspecified atom stereocenters. The van der Waals surface area contributed by atoms with Crippen LogP contribution in [0.2, 0.25) is 0 Å². The zero-order valence-corrected chi connectivity index (χ0v) is 18.6. The van der Waals surface area contributed by atoms with Crippen LogP contribution in [0.3, 0.4) is 0 Å². The van der Waals surface area contributed by atoms with Crippen molar-refractivity contribution in [1.82, 2.24) is 14.9 Å². The minimum atomic E-state index is -3.05. The van der Waals surface area contributed by atoms with Crippen LogP contribution in [0.25, 0.3) is 0 Å². The molecule has 2 aliphatic rings. The van der Waals surface area contributed by atoms with Crippen LogP contribution < -0.4 is 20.1 Å². The minimum absolute atomic E-state index is 0. The third-order valence-electron chi connectivity index (χ3n) is 4.31. The summed E-state index contributed by atoms with van der Waals surface area (Å²) in [4.78, 5) is 4.48. The second-order valence-electron chi connectivity index (χ2n) is 6.19. The number of sulfonamides is 1. The number of benzene rings is 1. The maximum absolute atomic E-state index is 11.8. The fourth-order valence-corrected chi connectivity index (χ4v) is 4.50. The van der Waals surface area contributed by atoms with E-state index in [9.17, 15) is 8.42 Å². The fourth-order valence-electron chi connectivity index (χ4n) is 2.98. The molecule has 2 N–H and O–H groups in total. The zero-order chi connectivity index (χ0) is 18.4. The minimum Gasteiger partial charge on any atom is -0.454 e. The van der Waals surface area contributed by atoms with Crippen molar-refractivity contribution in [2.75, 3.05) is 45.3 Å². The van der Waals surface area contributed by atoms with Gasteiger partial charge in [-0.2, -0.15) is 0 Å². The van der Waals surface area contributed by atoms with Gasteiger partial charge in [0.15, 0.2) is 17.5 Å². The third kappa shape index (κ3) is 6.11. The SMILES string of the molecule is CCNC(=NCCN1CCCS1(=O)=O)NCCc1ccc2c(c1)OCO2.I. The molecule has 1 saturated heterocycles. The summed E-state index contributed by atoms with van der Waals surface area (Å²) in [6, 6.07) is 5.94. The second kappa shape index (κ2) is 10.3. The highest BCUT2D eigenvalue weighted by atomic mass is 127. The number of aliphatic imine (C=N–C) groups is 1. The van der Waals surface area contributed by atoms with Gasteiger partial charge in [0.2, 0.25) is 16.8 Å². The van der Waals surface area contributed by atoms with E-state index < -0.39 is 10.0 Å². The van der Waals surface area contributed by atoms with Gasteiger partial charge in [0.05, 0.1) is 12.3 Å². The van der Waals surface area contributed by atoms with E-state index >= 15 is 0 Å². The number of fused-ring (bicyclic) bond motifs is 1. The van der Waals surface area contributed by atoms with E-state index in [4.69, 9.17) is 9.47 Å². The first-order valence-electron chi connectivity index (χ1n) is 8.97. The number of ether oxygens (including phenoxy) is 2. The number of halogens is 1. The zero-order valence-electron chi connectivity index (χ0n) is 15.4. The predicted octanol–water partition coefficient (Wildman–Crippen LogP) is 1.17. The highest BCUT2D eigenvalue weighted by Crippen LogP contribution is 2.32. The smallest absolute Gasteiger partial charge is 0.231 e. The van der Waals surface area contributed by atoms with Crippen molar-refractivity contribution in [3.8, 4) is 11.5 Å². The summed E-state index contributed by atoms with van der Waals surface area (Å²) in [5.74, 6) is 2.53. The Morgan fingerprint density at radius 2 is 2.07 bits per heavy atom. The van der Waals surface area contributed by atoms with Crippen molar-refractivity contribution in [2.45, 2.75) is 19.8 Å². The Kier molecular flexibility index (Phi) is 8.42. The standard InChI is InChI=1S/C17H26N4O4S.HI/c1-2-18-17(20-8-10-21-9-3-11-26(21,22)23)19-7-6-14-4-5-15-16(12-14)25-13-24-15;/h4-5,12H,2-3,6-11,13H2,1H3,(H2,18,19,20);1H. The largest absolute Gasteiger partial charge is 0.454 e. The summed E-state index contributed by atoms with van der Waals surface area (Å²) in [6.07, 6.45) is 1.53. The molecule has 1 fully saturated rings. The van der Waals surface area contributed by atoms with Crippen LogP contribution in [0.4, 0.5) is 0 Å². The second-order valence-corrected chi connectivity index (χ2v) is 8.28. The lowest BCUT2D eigenvalue weighted by Gasteiger charge is -2.14. The van der Waals surface area contributed by atoms with Crippen LogP contribution in [0, 0.1) is 0 Å². The molecule has 0 spiro atoms. The number of hydrogen-bond acceptors (Lipinski definition) is 5. The van der Waals surface area contributed by atoms with Gasteiger partial charge in [0.25, 0.3) is 0 Å². The van der Waals surface area contributed by atoms with Crippen LogP contribution in [0.15, 0.2) is 23.2 Å². The summed E-state index contributed by atoms with van der Waals surface area (Å²) in [7, 11) is -3.05. The summed E-state index contributed by atoms with van der Waals surface area (Å²) in [5.41, 5.74) is 1.15. The molecular weight excluding hydrogens is 483 g/mol. The fraction of sp³-hybridized carbons (Fsp3) is 0.588. The first-order valence-corrected chi connectivity index (χ1v) is 10.6. The molecule has 2 heterocycles. The quantitative estimate of drug-likeness (QED) is 0.325. The Morgan fingerprint density at radius 1 is 1.26 bits per heavy atom. The highest BCUT2D eigenvalue weighted by molar-refractivity contribution is 14.0. The van der Waals surface area contributed by atoms with Crippen LogP contribution in [-0.4, -0.2) is 64.0 Å². The van der Waals surface area contributed by atoms with Gasteiger partial charge in [-0.1, -0.05) is 6.07 Å². The van der Waals surface area contributed by atoms with Crippen molar-refractivity contribution in [1.29, 1.82) is 0 Å². The molecule has 3 rings (SSSR count). The monoisotopic (exact) mass is 510 g/mol. The van der Waals surface area contributed by atoms with Crippen LogP contribution in [0.1, 0.15) is 18.9 Å². The van der Waals surface area contributed by atoms with Gasteiger partial charge >= 0.3 is 0 Å². The lowest BCUT2D eigenvalue weighted by atomic mass is 10.1. The van der Waals surface area contributed by atoms with Gasteiger partial charge in [0.1, 0.15) is 0 Å². The van der Waals surface area contributed by atoms with Crippen molar-refractivity contribution in [3.05, 3.63) is 23.8 Å². The molecule has 0 saturated carbocycles. The number of guanidine groups is 1. The molecule has 2 aliphatic heterocycles. The normalized spacial score (nSPS) is 18.2. The molecule has 8 nitrogen and oxygen atoms in total. The molecule has 0 atom stereocenters. The first kappa shape index (κ1) is 22.0. The molecule has 0 aliphatic carbocycles. The van der Waals surface area contributed by atoms with E-state index in [1.54, 1.807) is 0 Å². The van der Waals surface area contributed by atoms with Crippen molar-refractivity contribution < 1.29 is 17.9 Å². The van der Waals surface area contributed by atoms with E-state index in [1.807, 2.05) is 25.1 Å². The third-order valence-corrected chi connectivity index (χ3v) is 6.27. The average molecular weight is 510 g/mol. The Labute approximate surface area is 177 Å². The van der Waals surface area contributed by atoms with Crippen molar-refractivity contribution in [2.24, 2.45) is 4.99 Å². The Bertz CT molecular complexity index is 757. The molecule has 1 aromatic rings. The summed E-state index contributed by atoms with van der Waals surface area (Å²) in [5, 5.41) is 6.46. The van der Waals surface area contributed by atoms with Gasteiger partial charge in [0, 0.05) is 26.2 Å². The van der Waals surface area contributed by atoms with Crippen LogP contribution in [0.5, 0.6) is 11.5 Å². The molecule has 152 valence electrons. The molecule has 10 heteroatoms. The van der Waals surface area contributed by atoms with E-state index in [2.05, 4.69) is 15.6 Å². The summed E-state index contributed by atoms with van der Waals surface area (Å²) < 4.78 is 35.8. The Morgan fingerprint density at radius 3 is 2.81 bits per heavy atom. The molecule has 0 aromatic heterocycles. The van der Waals surface area contributed by atoms with Gasteiger partial charge in [-0.05, 0) is 37.5 Å². The summed E-state index contributed by atoms with van der Waals surface area (Å²) in [6.45, 7) is 5.22. The average Bonchev–Trinajstić information content (AvgIpc) is 3.20. The first-order chi connectivity index (χ1) is 12.6. The van der Waals surface area contributed by atoms with Gasteiger partial charge in [-0.3, -0.25) is 4.99 Å². The predicted molar refractivity (Wildman–Crippen MR) is 116 cm³/mol. The lowest BCUT2D eigenvalue weighted by molar-refractivity contribution is 0.174. The molecule has 0 amide bonds. The molecule has 0 radical (unpaired) electrons. The number of nitrogens with one attached hydrogen (secondary N) is 2. The van der Waals surface area contributed by atoms with Gasteiger partial charge in [-0.15, -0.1) is 24.0 Å². The maximum Gasteiger partial charge on any atom is 0.231 e. The maximum atomic E-state index is 11.8. The molecule has 1 aromatic carbocycles. The Balaban J connectivity index is 0.00000261. The highest BCUT2D eigenvalue weighted by Gasteiger charge is 2.27. The number of nitrogens with zero attached hydrogens (tertiary/aromatic N) is 2. The van der Waals surface area contributed by atoms with E-state index in [1.165, 1.54) is 4.31 Å².